The fourth-order valence-corrected chi connectivity index (χ4v) is 2.13. The lowest BCUT2D eigenvalue weighted by atomic mass is 9.79. The van der Waals surface area contributed by atoms with Crippen LogP contribution in [0.3, 0.4) is 0 Å². The maximum Gasteiger partial charge on any atom is 0.305 e. The quantitative estimate of drug-likeness (QED) is 0.509. The molecule has 1 aliphatic carbocycles. The molecule has 0 radical (unpaired) electrons. The van der Waals surface area contributed by atoms with E-state index in [9.17, 15) is 4.79 Å². The molecule has 1 fully saturated rings. The monoisotopic (exact) mass is 194 g/mol. The van der Waals surface area contributed by atoms with Gasteiger partial charge in [0, 0.05) is 12.8 Å². The molecule has 0 saturated heterocycles. The van der Waals surface area contributed by atoms with Crippen LogP contribution in [0.4, 0.5) is 0 Å². The van der Waals surface area contributed by atoms with Crippen molar-refractivity contribution in [2.24, 2.45) is 11.8 Å². The van der Waals surface area contributed by atoms with Crippen LogP contribution in [0.2, 0.25) is 0 Å². The van der Waals surface area contributed by atoms with E-state index in [-0.39, 0.29) is 5.97 Å². The minimum Gasteiger partial charge on any atom is -0.469 e. The summed E-state index contributed by atoms with van der Waals surface area (Å²) >= 11 is 0. The normalized spacial score (nSPS) is 26.6. The molecular weight excluding hydrogens is 176 g/mol. The molecule has 1 rings (SSSR count). The molecule has 0 spiro atoms. The van der Waals surface area contributed by atoms with Crippen molar-refractivity contribution in [1.29, 1.82) is 0 Å². The predicted molar refractivity (Wildman–Crippen MR) is 55.5 cm³/mol. The average molecular weight is 194 g/mol. The van der Waals surface area contributed by atoms with E-state index in [0.29, 0.717) is 18.3 Å². The summed E-state index contributed by atoms with van der Waals surface area (Å²) < 4.78 is 4.66. The Morgan fingerprint density at radius 2 is 1.93 bits per heavy atom. The number of terminal acetylenes is 1. The van der Waals surface area contributed by atoms with E-state index >= 15 is 0 Å². The van der Waals surface area contributed by atoms with E-state index in [1.54, 1.807) is 0 Å². The Labute approximate surface area is 86.0 Å². The summed E-state index contributed by atoms with van der Waals surface area (Å²) in [6.45, 7) is 0. The summed E-state index contributed by atoms with van der Waals surface area (Å²) in [6, 6.07) is 0. The van der Waals surface area contributed by atoms with E-state index in [2.05, 4.69) is 10.7 Å². The Bertz CT molecular complexity index is 219. The number of carbonyl (C=O) groups is 1. The lowest BCUT2D eigenvalue weighted by Crippen LogP contribution is -2.17. The summed E-state index contributed by atoms with van der Waals surface area (Å²) in [6.07, 6.45) is 11.3. The van der Waals surface area contributed by atoms with Crippen LogP contribution >= 0.6 is 0 Å². The van der Waals surface area contributed by atoms with Gasteiger partial charge >= 0.3 is 5.97 Å². The molecule has 1 saturated carbocycles. The molecule has 0 aromatic rings. The van der Waals surface area contributed by atoms with Crippen molar-refractivity contribution in [3.8, 4) is 12.3 Å². The van der Waals surface area contributed by atoms with E-state index in [4.69, 9.17) is 6.42 Å². The average Bonchev–Trinajstić information content (AvgIpc) is 2.21. The first kappa shape index (κ1) is 11.1. The Hall–Kier alpha value is -0.970. The summed E-state index contributed by atoms with van der Waals surface area (Å²) in [7, 11) is 1.45. The first-order valence-electron chi connectivity index (χ1n) is 5.26. The van der Waals surface area contributed by atoms with Gasteiger partial charge in [-0.1, -0.05) is 0 Å². The summed E-state index contributed by atoms with van der Waals surface area (Å²) in [5.74, 6) is 3.85. The Morgan fingerprint density at radius 3 is 2.43 bits per heavy atom. The Balaban J connectivity index is 2.22. The van der Waals surface area contributed by atoms with E-state index in [1.165, 1.54) is 20.0 Å². The van der Waals surface area contributed by atoms with Crippen LogP contribution in [0.15, 0.2) is 0 Å². The van der Waals surface area contributed by atoms with Gasteiger partial charge < -0.3 is 4.74 Å². The largest absolute Gasteiger partial charge is 0.469 e. The first-order chi connectivity index (χ1) is 6.76. The van der Waals surface area contributed by atoms with Crippen LogP contribution in [0.5, 0.6) is 0 Å². The Morgan fingerprint density at radius 1 is 1.36 bits per heavy atom. The number of rotatable bonds is 3. The van der Waals surface area contributed by atoms with E-state index in [1.807, 2.05) is 0 Å². The highest BCUT2D eigenvalue weighted by Gasteiger charge is 2.22. The third kappa shape index (κ3) is 3.41. The number of carbonyl (C=O) groups excluding carboxylic acids is 1. The van der Waals surface area contributed by atoms with Gasteiger partial charge in [0.15, 0.2) is 0 Å². The molecular formula is C12H18O2. The number of esters is 1. The van der Waals surface area contributed by atoms with Crippen LogP contribution in [-0.2, 0) is 9.53 Å². The highest BCUT2D eigenvalue weighted by atomic mass is 16.5. The van der Waals surface area contributed by atoms with Gasteiger partial charge in [-0.25, -0.2) is 0 Å². The molecule has 0 amide bonds. The molecule has 0 aromatic heterocycles. The molecule has 0 aliphatic heterocycles. The van der Waals surface area contributed by atoms with Gasteiger partial charge in [-0.2, -0.15) is 0 Å². The minimum absolute atomic E-state index is 0.0783. The Kier molecular flexibility index (Phi) is 4.52. The fourth-order valence-electron chi connectivity index (χ4n) is 2.13. The maximum absolute atomic E-state index is 11.0. The zero-order valence-corrected chi connectivity index (χ0v) is 8.79. The van der Waals surface area contributed by atoms with Crippen molar-refractivity contribution in [2.75, 3.05) is 7.11 Å². The van der Waals surface area contributed by atoms with Gasteiger partial charge in [0.25, 0.3) is 0 Å². The summed E-state index contributed by atoms with van der Waals surface area (Å²) in [4.78, 5) is 11.0. The maximum atomic E-state index is 11.0. The molecule has 78 valence electrons. The van der Waals surface area contributed by atoms with Crippen molar-refractivity contribution in [1.82, 2.24) is 0 Å². The van der Waals surface area contributed by atoms with Crippen LogP contribution in [-0.4, -0.2) is 13.1 Å². The molecule has 14 heavy (non-hydrogen) atoms. The van der Waals surface area contributed by atoms with Crippen LogP contribution in [0.1, 0.15) is 38.5 Å². The minimum atomic E-state index is -0.0783. The lowest BCUT2D eigenvalue weighted by Gasteiger charge is -2.26. The standard InChI is InChI=1S/C12H18O2/c1-3-4-10-5-7-11(8-6-10)9-12(13)14-2/h1,10-11H,4-9H2,2H3. The second-order valence-electron chi connectivity index (χ2n) is 4.08. The molecule has 0 bridgehead atoms. The number of hydrogen-bond acceptors (Lipinski definition) is 2. The van der Waals surface area contributed by atoms with Crippen molar-refractivity contribution < 1.29 is 9.53 Å². The highest BCUT2D eigenvalue weighted by molar-refractivity contribution is 5.69. The summed E-state index contributed by atoms with van der Waals surface area (Å²) in [5, 5.41) is 0. The smallest absolute Gasteiger partial charge is 0.305 e. The van der Waals surface area contributed by atoms with Crippen LogP contribution in [0.25, 0.3) is 0 Å². The molecule has 2 nitrogen and oxygen atoms in total. The second-order valence-corrected chi connectivity index (χ2v) is 4.08. The van der Waals surface area contributed by atoms with Gasteiger partial charge in [-0.3, -0.25) is 4.79 Å². The number of hydrogen-bond donors (Lipinski definition) is 0. The zero-order valence-electron chi connectivity index (χ0n) is 8.79. The molecule has 0 heterocycles. The third-order valence-corrected chi connectivity index (χ3v) is 3.06. The lowest BCUT2D eigenvalue weighted by molar-refractivity contribution is -0.142. The van der Waals surface area contributed by atoms with E-state index in [0.717, 1.165) is 19.3 Å². The number of ether oxygens (including phenoxy) is 1. The van der Waals surface area contributed by atoms with Gasteiger partial charge in [0.2, 0.25) is 0 Å². The SMILES string of the molecule is C#CCC1CCC(CC(=O)OC)CC1. The van der Waals surface area contributed by atoms with Gasteiger partial charge in [-0.15, -0.1) is 12.3 Å². The van der Waals surface area contributed by atoms with Gasteiger partial charge in [-0.05, 0) is 37.5 Å². The topological polar surface area (TPSA) is 26.3 Å². The predicted octanol–water partition coefficient (Wildman–Crippen LogP) is 2.38. The third-order valence-electron chi connectivity index (χ3n) is 3.06. The van der Waals surface area contributed by atoms with Crippen molar-refractivity contribution >= 4 is 5.97 Å². The van der Waals surface area contributed by atoms with Crippen molar-refractivity contribution in [3.63, 3.8) is 0 Å². The molecule has 1 aliphatic rings. The second kappa shape index (κ2) is 5.70. The summed E-state index contributed by atoms with van der Waals surface area (Å²) in [5.41, 5.74) is 0. The van der Waals surface area contributed by atoms with Crippen LogP contribution in [0, 0.1) is 24.2 Å². The first-order valence-corrected chi connectivity index (χ1v) is 5.26. The highest BCUT2D eigenvalue weighted by Crippen LogP contribution is 2.32. The molecule has 2 heteroatoms. The molecule has 0 unspecified atom stereocenters. The molecule has 0 atom stereocenters. The van der Waals surface area contributed by atoms with Crippen LogP contribution < -0.4 is 0 Å². The zero-order chi connectivity index (χ0) is 10.4. The van der Waals surface area contributed by atoms with Gasteiger partial charge in [0.1, 0.15) is 0 Å². The molecule has 0 N–H and O–H groups in total. The van der Waals surface area contributed by atoms with Gasteiger partial charge in [0.05, 0.1) is 7.11 Å². The number of methoxy groups -OCH3 is 1. The van der Waals surface area contributed by atoms with Crippen molar-refractivity contribution in [3.05, 3.63) is 0 Å². The fraction of sp³-hybridized carbons (Fsp3) is 0.750. The van der Waals surface area contributed by atoms with Crippen molar-refractivity contribution in [2.45, 2.75) is 38.5 Å². The molecule has 0 aromatic carbocycles. The van der Waals surface area contributed by atoms with E-state index < -0.39 is 0 Å².